The third-order valence-electron chi connectivity index (χ3n) is 3.30. The van der Waals surface area contributed by atoms with Gasteiger partial charge in [-0.3, -0.25) is 4.79 Å². The minimum Gasteiger partial charge on any atom is -0.480 e. The molecule has 8 heteroatoms. The first-order chi connectivity index (χ1) is 8.40. The van der Waals surface area contributed by atoms with Gasteiger partial charge in [-0.25, -0.2) is 8.42 Å². The van der Waals surface area contributed by atoms with E-state index in [1.807, 2.05) is 0 Å². The number of hydrogen-bond acceptors (Lipinski definition) is 5. The van der Waals surface area contributed by atoms with Gasteiger partial charge in [-0.2, -0.15) is 4.31 Å². The fourth-order valence-corrected chi connectivity index (χ4v) is 4.31. The highest BCUT2D eigenvalue weighted by atomic mass is 32.2. The molecular weight excluding hydrogens is 262 g/mol. The number of aliphatic carboxylic acids is 1. The van der Waals surface area contributed by atoms with Crippen molar-refractivity contribution in [3.05, 3.63) is 0 Å². The number of rotatable bonds is 4. The van der Waals surface area contributed by atoms with Crippen LogP contribution in [0.4, 0.5) is 0 Å². The molecule has 7 nitrogen and oxygen atoms in total. The summed E-state index contributed by atoms with van der Waals surface area (Å²) in [6.07, 6.45) is 0.172. The van der Waals surface area contributed by atoms with Crippen molar-refractivity contribution in [3.63, 3.8) is 0 Å². The second-order valence-corrected chi connectivity index (χ2v) is 6.69. The Morgan fingerprint density at radius 2 is 2.17 bits per heavy atom. The summed E-state index contributed by atoms with van der Waals surface area (Å²) in [5.74, 6) is -1.42. The molecule has 3 atom stereocenters. The molecule has 3 unspecified atom stereocenters. The molecule has 0 spiro atoms. The van der Waals surface area contributed by atoms with Crippen LogP contribution in [0, 0.1) is 0 Å². The molecular formula is C10H17NO6S. The summed E-state index contributed by atoms with van der Waals surface area (Å²) in [6.45, 7) is 0.400. The van der Waals surface area contributed by atoms with E-state index in [-0.39, 0.29) is 24.8 Å². The first kappa shape index (κ1) is 13.7. The molecule has 0 radical (unpaired) electrons. The zero-order chi connectivity index (χ0) is 13.3. The molecule has 2 N–H and O–H groups in total. The number of hydrogen-bond donors (Lipinski definition) is 2. The first-order valence-corrected chi connectivity index (χ1v) is 7.53. The zero-order valence-electron chi connectivity index (χ0n) is 9.86. The van der Waals surface area contributed by atoms with Crippen LogP contribution in [0.2, 0.25) is 0 Å². The van der Waals surface area contributed by atoms with E-state index in [9.17, 15) is 18.3 Å². The molecule has 0 aliphatic carbocycles. The van der Waals surface area contributed by atoms with E-state index < -0.39 is 28.1 Å². The summed E-state index contributed by atoms with van der Waals surface area (Å²) < 4.78 is 30.4. The molecule has 0 amide bonds. The highest BCUT2D eigenvalue weighted by molar-refractivity contribution is 7.89. The number of β-amino-alcohol motifs (C(OH)–C–C–N with tert-alkyl or cyclic N) is 1. The Bertz CT molecular complexity index is 416. The van der Waals surface area contributed by atoms with E-state index in [0.29, 0.717) is 13.0 Å². The SMILES string of the molecule is O=C(O)C1CC(O)CN1S(=O)(=O)CC1CCCO1. The number of sulfonamides is 1. The van der Waals surface area contributed by atoms with Gasteiger partial charge < -0.3 is 14.9 Å². The van der Waals surface area contributed by atoms with Crippen molar-refractivity contribution in [2.75, 3.05) is 18.9 Å². The van der Waals surface area contributed by atoms with Crippen LogP contribution in [-0.4, -0.2) is 66.1 Å². The van der Waals surface area contributed by atoms with Gasteiger partial charge in [-0.15, -0.1) is 0 Å². The Kier molecular flexibility index (Phi) is 3.90. The van der Waals surface area contributed by atoms with Gasteiger partial charge in [0.1, 0.15) is 6.04 Å². The molecule has 2 heterocycles. The van der Waals surface area contributed by atoms with Crippen LogP contribution in [0.1, 0.15) is 19.3 Å². The number of aliphatic hydroxyl groups is 1. The number of carbonyl (C=O) groups is 1. The Labute approximate surface area is 105 Å². The second kappa shape index (κ2) is 5.12. The van der Waals surface area contributed by atoms with Gasteiger partial charge in [0.15, 0.2) is 0 Å². The molecule has 18 heavy (non-hydrogen) atoms. The Morgan fingerprint density at radius 3 is 2.72 bits per heavy atom. The minimum absolute atomic E-state index is 0.0555. The summed E-state index contributed by atoms with van der Waals surface area (Å²) in [5.41, 5.74) is 0. The first-order valence-electron chi connectivity index (χ1n) is 5.92. The van der Waals surface area contributed by atoms with Gasteiger partial charge in [0.25, 0.3) is 0 Å². The summed E-state index contributed by atoms with van der Waals surface area (Å²) >= 11 is 0. The summed E-state index contributed by atoms with van der Waals surface area (Å²) in [4.78, 5) is 11.0. The lowest BCUT2D eigenvalue weighted by Crippen LogP contribution is -2.43. The van der Waals surface area contributed by atoms with Gasteiger partial charge in [0, 0.05) is 19.6 Å². The molecule has 0 aromatic carbocycles. The highest BCUT2D eigenvalue weighted by Crippen LogP contribution is 2.24. The second-order valence-electron chi connectivity index (χ2n) is 4.73. The van der Waals surface area contributed by atoms with E-state index in [0.717, 1.165) is 10.7 Å². The molecule has 2 saturated heterocycles. The molecule has 2 rings (SSSR count). The third-order valence-corrected chi connectivity index (χ3v) is 5.21. The van der Waals surface area contributed by atoms with Crippen molar-refractivity contribution in [3.8, 4) is 0 Å². The topological polar surface area (TPSA) is 104 Å². The van der Waals surface area contributed by atoms with Gasteiger partial charge in [0.2, 0.25) is 10.0 Å². The summed E-state index contributed by atoms with van der Waals surface area (Å²) in [7, 11) is -3.70. The molecule has 0 aromatic rings. The summed E-state index contributed by atoms with van der Waals surface area (Å²) in [5, 5.41) is 18.4. The van der Waals surface area contributed by atoms with Crippen molar-refractivity contribution < 1.29 is 28.2 Å². The van der Waals surface area contributed by atoms with E-state index in [1.54, 1.807) is 0 Å². The van der Waals surface area contributed by atoms with Gasteiger partial charge >= 0.3 is 5.97 Å². The van der Waals surface area contributed by atoms with Crippen LogP contribution in [0.5, 0.6) is 0 Å². The van der Waals surface area contributed by atoms with Crippen LogP contribution in [0.25, 0.3) is 0 Å². The van der Waals surface area contributed by atoms with E-state index in [2.05, 4.69) is 0 Å². The monoisotopic (exact) mass is 279 g/mol. The Hall–Kier alpha value is -0.700. The number of aliphatic hydroxyl groups excluding tert-OH is 1. The number of ether oxygens (including phenoxy) is 1. The normalized spacial score (nSPS) is 33.9. The molecule has 2 aliphatic rings. The molecule has 0 aromatic heterocycles. The Balaban J connectivity index is 2.10. The van der Waals surface area contributed by atoms with Crippen LogP contribution < -0.4 is 0 Å². The van der Waals surface area contributed by atoms with Crippen molar-refractivity contribution in [2.24, 2.45) is 0 Å². The number of nitrogens with zero attached hydrogens (tertiary/aromatic N) is 1. The number of carboxylic acids is 1. The molecule has 0 saturated carbocycles. The van der Waals surface area contributed by atoms with Crippen molar-refractivity contribution >= 4 is 16.0 Å². The van der Waals surface area contributed by atoms with Gasteiger partial charge in [-0.05, 0) is 12.8 Å². The lowest BCUT2D eigenvalue weighted by molar-refractivity contribution is -0.140. The predicted molar refractivity (Wildman–Crippen MR) is 61.5 cm³/mol. The van der Waals surface area contributed by atoms with Gasteiger partial charge in [0.05, 0.1) is 18.0 Å². The summed E-state index contributed by atoms with van der Waals surface area (Å²) in [6, 6.07) is -1.16. The maximum Gasteiger partial charge on any atom is 0.322 e. The van der Waals surface area contributed by atoms with Crippen LogP contribution >= 0.6 is 0 Å². The largest absolute Gasteiger partial charge is 0.480 e. The van der Waals surface area contributed by atoms with Gasteiger partial charge in [-0.1, -0.05) is 0 Å². The molecule has 0 bridgehead atoms. The maximum absolute atomic E-state index is 12.1. The van der Waals surface area contributed by atoms with Crippen LogP contribution in [-0.2, 0) is 19.6 Å². The quantitative estimate of drug-likeness (QED) is 0.685. The predicted octanol–water partition coefficient (Wildman–Crippen LogP) is -0.985. The lowest BCUT2D eigenvalue weighted by Gasteiger charge is -2.22. The third kappa shape index (κ3) is 2.82. The fourth-order valence-electron chi connectivity index (χ4n) is 2.42. The molecule has 2 aliphatic heterocycles. The van der Waals surface area contributed by atoms with Crippen LogP contribution in [0.3, 0.4) is 0 Å². The highest BCUT2D eigenvalue weighted by Gasteiger charge is 2.43. The minimum atomic E-state index is -3.70. The van der Waals surface area contributed by atoms with Crippen molar-refractivity contribution in [1.82, 2.24) is 4.31 Å². The fraction of sp³-hybridized carbons (Fsp3) is 0.900. The maximum atomic E-state index is 12.1. The average molecular weight is 279 g/mol. The molecule has 2 fully saturated rings. The van der Waals surface area contributed by atoms with Crippen molar-refractivity contribution in [1.29, 1.82) is 0 Å². The van der Waals surface area contributed by atoms with E-state index in [1.165, 1.54) is 0 Å². The van der Waals surface area contributed by atoms with Crippen molar-refractivity contribution in [2.45, 2.75) is 37.5 Å². The van der Waals surface area contributed by atoms with E-state index >= 15 is 0 Å². The average Bonchev–Trinajstić information content (AvgIpc) is 2.86. The van der Waals surface area contributed by atoms with E-state index in [4.69, 9.17) is 9.84 Å². The smallest absolute Gasteiger partial charge is 0.322 e. The zero-order valence-corrected chi connectivity index (χ0v) is 10.7. The van der Waals surface area contributed by atoms with Crippen LogP contribution in [0.15, 0.2) is 0 Å². The molecule has 104 valence electrons. The standard InChI is InChI=1S/C10H17NO6S/c12-7-4-9(10(13)14)11(5-7)18(15,16)6-8-2-1-3-17-8/h7-9,12H,1-6H2,(H,13,14). The number of carboxylic acid groups (broad SMARTS) is 1. The Morgan fingerprint density at radius 1 is 1.44 bits per heavy atom. The lowest BCUT2D eigenvalue weighted by atomic mass is 10.2.